The van der Waals surface area contributed by atoms with Gasteiger partial charge >= 0.3 is 0 Å². The van der Waals surface area contributed by atoms with Gasteiger partial charge in [0.05, 0.1) is 18.1 Å². The fraction of sp³-hybridized carbons (Fsp3) is 0.261. The van der Waals surface area contributed by atoms with Gasteiger partial charge in [-0.05, 0) is 42.5 Å². The molecule has 3 N–H and O–H groups in total. The monoisotopic (exact) mass is 501 g/mol. The van der Waals surface area contributed by atoms with E-state index in [2.05, 4.69) is 4.98 Å². The minimum atomic E-state index is -4.02. The SMILES string of the molecule is Nc1c(S(=O)(=O)c2ccc(Cl)cc2)cc2c(=O)n3ccccc3nc2[n+]1CC[NH+]1CCOCC1. The molecule has 176 valence electrons. The Bertz CT molecular complexity index is 1550. The van der Waals surface area contributed by atoms with Gasteiger partial charge in [-0.1, -0.05) is 22.7 Å². The van der Waals surface area contributed by atoms with Crippen LogP contribution in [0.3, 0.4) is 0 Å². The van der Waals surface area contributed by atoms with Crippen LogP contribution < -0.4 is 20.8 Å². The second-order valence-corrected chi connectivity index (χ2v) is 10.6. The Balaban J connectivity index is 1.73. The van der Waals surface area contributed by atoms with Crippen molar-refractivity contribution in [3.63, 3.8) is 0 Å². The molecule has 11 heteroatoms. The number of sulfone groups is 1. The Morgan fingerprint density at radius 1 is 1.15 bits per heavy atom. The second kappa shape index (κ2) is 8.95. The molecule has 34 heavy (non-hydrogen) atoms. The normalized spacial score (nSPS) is 15.2. The highest BCUT2D eigenvalue weighted by Crippen LogP contribution is 2.27. The van der Waals surface area contributed by atoms with E-state index in [1.165, 1.54) is 39.6 Å². The van der Waals surface area contributed by atoms with Crippen LogP contribution in [-0.4, -0.2) is 50.7 Å². The van der Waals surface area contributed by atoms with Crippen molar-refractivity contribution in [2.45, 2.75) is 16.3 Å². The van der Waals surface area contributed by atoms with Gasteiger partial charge in [0, 0.05) is 11.2 Å². The van der Waals surface area contributed by atoms with Crippen LogP contribution in [0.2, 0.25) is 5.02 Å². The number of fused-ring (bicyclic) bond motifs is 2. The second-order valence-electron chi connectivity index (χ2n) is 8.20. The summed E-state index contributed by atoms with van der Waals surface area (Å²) in [7, 11) is -4.02. The smallest absolute Gasteiger partial charge is 0.278 e. The Morgan fingerprint density at radius 2 is 1.88 bits per heavy atom. The molecule has 9 nitrogen and oxygen atoms in total. The summed E-state index contributed by atoms with van der Waals surface area (Å²) < 4.78 is 35.6. The molecule has 5 rings (SSSR count). The lowest BCUT2D eigenvalue weighted by atomic mass is 10.3. The Morgan fingerprint density at radius 3 is 2.62 bits per heavy atom. The van der Waals surface area contributed by atoms with Gasteiger partial charge in [-0.15, -0.1) is 0 Å². The average Bonchev–Trinajstić information content (AvgIpc) is 2.84. The number of rotatable bonds is 5. The van der Waals surface area contributed by atoms with Crippen LogP contribution in [0, 0.1) is 0 Å². The van der Waals surface area contributed by atoms with E-state index in [-0.39, 0.29) is 26.6 Å². The number of nitrogens with two attached hydrogens (primary N) is 1. The summed E-state index contributed by atoms with van der Waals surface area (Å²) in [4.78, 5) is 19.3. The van der Waals surface area contributed by atoms with Crippen LogP contribution in [0.15, 0.2) is 69.3 Å². The highest BCUT2D eigenvalue weighted by atomic mass is 35.5. The number of pyridine rings is 2. The molecule has 0 saturated carbocycles. The molecular formula is C23H24ClN5O4S+2. The number of halogens is 1. The van der Waals surface area contributed by atoms with Crippen LogP contribution >= 0.6 is 11.6 Å². The number of ether oxygens (including phenoxy) is 1. The zero-order chi connectivity index (χ0) is 23.9. The van der Waals surface area contributed by atoms with E-state index in [9.17, 15) is 13.2 Å². The summed E-state index contributed by atoms with van der Waals surface area (Å²) in [6.45, 7) is 4.13. The van der Waals surface area contributed by atoms with Crippen LogP contribution in [-0.2, 0) is 21.1 Å². The fourth-order valence-corrected chi connectivity index (χ4v) is 5.77. The van der Waals surface area contributed by atoms with E-state index in [4.69, 9.17) is 22.1 Å². The molecule has 0 aliphatic carbocycles. The quantitative estimate of drug-likeness (QED) is 0.297. The first-order valence-electron chi connectivity index (χ1n) is 10.9. The van der Waals surface area contributed by atoms with Gasteiger partial charge in [-0.25, -0.2) is 13.0 Å². The molecular weight excluding hydrogens is 478 g/mol. The predicted molar refractivity (Wildman–Crippen MR) is 127 cm³/mol. The summed E-state index contributed by atoms with van der Waals surface area (Å²) in [5.41, 5.74) is 6.94. The molecule has 1 aromatic carbocycles. The zero-order valence-corrected chi connectivity index (χ0v) is 19.8. The lowest BCUT2D eigenvalue weighted by Crippen LogP contribution is -3.14. The van der Waals surface area contributed by atoms with Gasteiger partial charge in [0.25, 0.3) is 11.2 Å². The lowest BCUT2D eigenvalue weighted by molar-refractivity contribution is -0.923. The van der Waals surface area contributed by atoms with Crippen LogP contribution in [0.25, 0.3) is 16.7 Å². The van der Waals surface area contributed by atoms with Gasteiger partial charge in [-0.2, -0.15) is 0 Å². The predicted octanol–water partition coefficient (Wildman–Crippen LogP) is 0.119. The van der Waals surface area contributed by atoms with Crippen molar-refractivity contribution in [3.05, 3.63) is 70.1 Å². The largest absolute Gasteiger partial charge is 0.370 e. The minimum absolute atomic E-state index is 0.0437. The van der Waals surface area contributed by atoms with Gasteiger partial charge in [-0.3, -0.25) is 9.20 Å². The van der Waals surface area contributed by atoms with Crippen molar-refractivity contribution in [3.8, 4) is 0 Å². The number of quaternary nitrogens is 1. The Labute approximate surface area is 200 Å². The van der Waals surface area contributed by atoms with Gasteiger partial charge < -0.3 is 15.4 Å². The maximum absolute atomic E-state index is 13.6. The van der Waals surface area contributed by atoms with Crippen LogP contribution in [0.5, 0.6) is 0 Å². The third kappa shape index (κ3) is 4.03. The van der Waals surface area contributed by atoms with Crippen molar-refractivity contribution < 1.29 is 22.6 Å². The number of anilines is 1. The minimum Gasteiger partial charge on any atom is -0.370 e. The molecule has 1 saturated heterocycles. The summed E-state index contributed by atoms with van der Waals surface area (Å²) in [6.07, 6.45) is 1.61. The average molecular weight is 502 g/mol. The first-order chi connectivity index (χ1) is 16.4. The van der Waals surface area contributed by atoms with Crippen molar-refractivity contribution in [1.29, 1.82) is 0 Å². The molecule has 0 atom stereocenters. The summed E-state index contributed by atoms with van der Waals surface area (Å²) in [6, 6.07) is 12.4. The molecule has 1 fully saturated rings. The summed E-state index contributed by atoms with van der Waals surface area (Å²) in [5.74, 6) is 0.0438. The molecule has 1 aliphatic rings. The molecule has 0 spiro atoms. The van der Waals surface area contributed by atoms with Crippen LogP contribution in [0.4, 0.5) is 5.82 Å². The lowest BCUT2D eigenvalue weighted by Gasteiger charge is -2.23. The molecule has 0 radical (unpaired) electrons. The number of nitrogen functional groups attached to an aromatic ring is 1. The first-order valence-corrected chi connectivity index (χ1v) is 12.8. The van der Waals surface area contributed by atoms with Crippen molar-refractivity contribution in [1.82, 2.24) is 9.38 Å². The molecule has 4 heterocycles. The molecule has 4 aromatic rings. The number of nitrogens with one attached hydrogen (secondary N) is 1. The van der Waals surface area contributed by atoms with Crippen LogP contribution in [0.1, 0.15) is 0 Å². The third-order valence-electron chi connectivity index (χ3n) is 6.13. The van der Waals surface area contributed by atoms with Gasteiger partial charge in [0.15, 0.2) is 0 Å². The van der Waals surface area contributed by atoms with Crippen molar-refractivity contribution in [2.24, 2.45) is 0 Å². The summed E-state index contributed by atoms with van der Waals surface area (Å²) >= 11 is 5.95. The molecule has 3 aromatic heterocycles. The molecule has 1 aliphatic heterocycles. The first kappa shape index (κ1) is 22.7. The van der Waals surface area contributed by atoms with Gasteiger partial charge in [0.1, 0.15) is 36.5 Å². The highest BCUT2D eigenvalue weighted by molar-refractivity contribution is 7.91. The van der Waals surface area contributed by atoms with E-state index >= 15 is 0 Å². The fourth-order valence-electron chi connectivity index (χ4n) is 4.24. The number of hydrogen-bond acceptors (Lipinski definition) is 6. The van der Waals surface area contributed by atoms with E-state index < -0.39 is 9.84 Å². The topological polar surface area (TPSA) is 112 Å². The Kier molecular flexibility index (Phi) is 5.98. The van der Waals surface area contributed by atoms with E-state index in [1.54, 1.807) is 29.0 Å². The zero-order valence-electron chi connectivity index (χ0n) is 18.3. The number of hydrogen-bond donors (Lipinski definition) is 2. The number of benzene rings is 1. The Hall–Kier alpha value is -3.05. The number of nitrogens with zero attached hydrogens (tertiary/aromatic N) is 3. The van der Waals surface area contributed by atoms with E-state index in [0.29, 0.717) is 42.6 Å². The molecule has 0 amide bonds. The van der Waals surface area contributed by atoms with Gasteiger partial charge in [0.2, 0.25) is 21.3 Å². The number of morpholine rings is 1. The molecule has 0 bridgehead atoms. The number of aromatic nitrogens is 3. The van der Waals surface area contributed by atoms with Crippen molar-refractivity contribution in [2.75, 3.05) is 38.6 Å². The highest BCUT2D eigenvalue weighted by Gasteiger charge is 2.30. The maximum Gasteiger partial charge on any atom is 0.278 e. The van der Waals surface area contributed by atoms with Crippen molar-refractivity contribution >= 4 is 43.9 Å². The maximum atomic E-state index is 13.6. The summed E-state index contributed by atoms with van der Waals surface area (Å²) in [5, 5.41) is 0.602. The van der Waals surface area contributed by atoms with E-state index in [1.807, 2.05) is 0 Å². The third-order valence-corrected chi connectivity index (χ3v) is 8.18. The van der Waals surface area contributed by atoms with E-state index in [0.717, 1.165) is 13.1 Å². The standard InChI is InChI=1S/C23H22ClN5O4S/c24-16-4-6-17(7-5-16)34(31,32)19-15-18-22(26-20-3-1-2-8-28(20)23(18)30)29(21(19)25)10-9-27-11-13-33-14-12-27/h1-8,15,25H,9-14H2/p+2. The molecule has 0 unspecified atom stereocenters.